The van der Waals surface area contributed by atoms with Gasteiger partial charge in [0.15, 0.2) is 24.5 Å². The molecular weight excluding hydrogens is 450 g/mol. The lowest BCUT2D eigenvalue weighted by atomic mass is 9.97. The average Bonchev–Trinajstić information content (AvgIpc) is 3.13. The normalized spacial score (nSPS) is 24.3. The standard InChI is InChI=1S/C23H27NO10/c1-12(26)30-11-19-20(31-13(2)27)21(32-14(3)28)22(33-15(4)29)23(34-19)24-9-16(10-25)17-7-5-6-8-18(17)24/h5-9,19-23,25H,10-11H2,1-4H3/t19-,20-,21+,22+,23-/m1/s1. The molecule has 0 unspecified atom stereocenters. The number of esters is 4. The average molecular weight is 477 g/mol. The maximum absolute atomic E-state index is 12.0. The van der Waals surface area contributed by atoms with Crippen LogP contribution in [0.4, 0.5) is 0 Å². The number of hydrogen-bond donors (Lipinski definition) is 1. The number of rotatable bonds is 7. The molecule has 1 aliphatic rings. The first kappa shape index (κ1) is 25.2. The SMILES string of the molecule is CC(=O)OC[C@H]1O[C@@H](n2cc(CO)c3ccccc32)[C@@H](OC(C)=O)[C@@H](OC(C)=O)[C@@H]1OC(C)=O. The number of hydrogen-bond acceptors (Lipinski definition) is 10. The predicted octanol–water partition coefficient (Wildman–Crippen LogP) is 1.39. The van der Waals surface area contributed by atoms with Crippen LogP contribution in [-0.4, -0.2) is 64.6 Å². The highest BCUT2D eigenvalue weighted by Crippen LogP contribution is 2.37. The van der Waals surface area contributed by atoms with Crippen molar-refractivity contribution in [3.8, 4) is 0 Å². The minimum atomic E-state index is -1.27. The summed E-state index contributed by atoms with van der Waals surface area (Å²) in [6.45, 7) is 4.13. The predicted molar refractivity (Wildman–Crippen MR) is 115 cm³/mol. The lowest BCUT2D eigenvalue weighted by Gasteiger charge is -2.44. The Morgan fingerprint density at radius 2 is 1.47 bits per heavy atom. The lowest BCUT2D eigenvalue weighted by molar-refractivity contribution is -0.267. The maximum Gasteiger partial charge on any atom is 0.303 e. The van der Waals surface area contributed by atoms with Crippen molar-refractivity contribution in [3.05, 3.63) is 36.0 Å². The molecule has 184 valence electrons. The van der Waals surface area contributed by atoms with Crippen LogP contribution in [0.3, 0.4) is 0 Å². The van der Waals surface area contributed by atoms with Gasteiger partial charge in [-0.3, -0.25) is 19.2 Å². The number of ether oxygens (including phenoxy) is 5. The molecule has 1 aromatic carbocycles. The Hall–Kier alpha value is -3.44. The van der Waals surface area contributed by atoms with Crippen molar-refractivity contribution in [2.24, 2.45) is 0 Å². The topological polar surface area (TPSA) is 140 Å². The molecule has 0 spiro atoms. The zero-order chi connectivity index (χ0) is 25.0. The molecule has 1 fully saturated rings. The minimum absolute atomic E-state index is 0.265. The van der Waals surface area contributed by atoms with Gasteiger partial charge in [-0.1, -0.05) is 18.2 Å². The number of aliphatic hydroxyl groups excluding tert-OH is 1. The van der Waals surface area contributed by atoms with E-state index in [4.69, 9.17) is 23.7 Å². The molecule has 34 heavy (non-hydrogen) atoms. The zero-order valence-electron chi connectivity index (χ0n) is 19.3. The van der Waals surface area contributed by atoms with E-state index in [1.807, 2.05) is 6.07 Å². The van der Waals surface area contributed by atoms with E-state index >= 15 is 0 Å². The van der Waals surface area contributed by atoms with Crippen molar-refractivity contribution >= 4 is 34.8 Å². The summed E-state index contributed by atoms with van der Waals surface area (Å²) in [5.41, 5.74) is 1.23. The Labute approximate surface area is 195 Å². The van der Waals surface area contributed by atoms with Gasteiger partial charge < -0.3 is 33.4 Å². The molecule has 1 saturated heterocycles. The lowest BCUT2D eigenvalue weighted by Crippen LogP contribution is -2.60. The molecule has 3 rings (SSSR count). The van der Waals surface area contributed by atoms with Crippen molar-refractivity contribution in [1.82, 2.24) is 4.57 Å². The van der Waals surface area contributed by atoms with Crippen molar-refractivity contribution in [2.45, 2.75) is 64.9 Å². The van der Waals surface area contributed by atoms with Gasteiger partial charge in [0.25, 0.3) is 0 Å². The number of aromatic nitrogens is 1. The molecule has 1 aliphatic heterocycles. The Bertz CT molecular complexity index is 1080. The Morgan fingerprint density at radius 3 is 2.06 bits per heavy atom. The maximum atomic E-state index is 12.0. The fourth-order valence-corrected chi connectivity index (χ4v) is 4.04. The van der Waals surface area contributed by atoms with E-state index in [0.717, 1.165) is 19.2 Å². The van der Waals surface area contributed by atoms with Crippen LogP contribution in [0.2, 0.25) is 0 Å². The van der Waals surface area contributed by atoms with E-state index in [1.54, 1.807) is 29.0 Å². The molecule has 1 aromatic heterocycles. The van der Waals surface area contributed by atoms with E-state index in [0.29, 0.717) is 11.1 Å². The molecule has 0 aliphatic carbocycles. The number of aliphatic hydroxyl groups is 1. The first-order chi connectivity index (χ1) is 16.1. The Morgan fingerprint density at radius 1 is 0.882 bits per heavy atom. The minimum Gasteiger partial charge on any atom is -0.463 e. The van der Waals surface area contributed by atoms with Crippen molar-refractivity contribution in [1.29, 1.82) is 0 Å². The molecule has 1 N–H and O–H groups in total. The van der Waals surface area contributed by atoms with E-state index in [1.165, 1.54) is 13.8 Å². The van der Waals surface area contributed by atoms with Gasteiger partial charge in [-0.15, -0.1) is 0 Å². The van der Waals surface area contributed by atoms with Gasteiger partial charge in [0.2, 0.25) is 0 Å². The van der Waals surface area contributed by atoms with E-state index in [9.17, 15) is 24.3 Å². The fraction of sp³-hybridized carbons (Fsp3) is 0.478. The summed E-state index contributed by atoms with van der Waals surface area (Å²) in [6.07, 6.45) is -4.25. The summed E-state index contributed by atoms with van der Waals surface area (Å²) >= 11 is 0. The highest BCUT2D eigenvalue weighted by Gasteiger charge is 2.53. The molecule has 5 atom stereocenters. The third-order valence-electron chi connectivity index (χ3n) is 5.23. The van der Waals surface area contributed by atoms with Gasteiger partial charge in [-0.2, -0.15) is 0 Å². The van der Waals surface area contributed by atoms with Crippen LogP contribution in [-0.2, 0) is 49.5 Å². The zero-order valence-corrected chi connectivity index (χ0v) is 19.3. The van der Waals surface area contributed by atoms with Crippen molar-refractivity contribution in [3.63, 3.8) is 0 Å². The number of carbonyl (C=O) groups excluding carboxylic acids is 4. The van der Waals surface area contributed by atoms with Crippen LogP contribution in [0.15, 0.2) is 30.5 Å². The number of benzene rings is 1. The quantitative estimate of drug-likeness (QED) is 0.459. The second kappa shape index (κ2) is 10.7. The number of nitrogens with zero attached hydrogens (tertiary/aromatic N) is 1. The summed E-state index contributed by atoms with van der Waals surface area (Å²) in [5.74, 6) is -2.69. The Balaban J connectivity index is 2.16. The molecule has 0 saturated carbocycles. The highest BCUT2D eigenvalue weighted by atomic mass is 16.7. The third-order valence-corrected chi connectivity index (χ3v) is 5.23. The summed E-state index contributed by atoms with van der Waals surface area (Å²) in [6, 6.07) is 7.18. The van der Waals surface area contributed by atoms with Gasteiger partial charge in [0.1, 0.15) is 12.7 Å². The summed E-state index contributed by atoms with van der Waals surface area (Å²) in [4.78, 5) is 47.3. The van der Waals surface area contributed by atoms with E-state index in [2.05, 4.69) is 0 Å². The molecule has 2 heterocycles. The van der Waals surface area contributed by atoms with Gasteiger partial charge >= 0.3 is 23.9 Å². The third kappa shape index (κ3) is 5.54. The summed E-state index contributed by atoms with van der Waals surface area (Å²) < 4.78 is 29.3. The largest absolute Gasteiger partial charge is 0.463 e. The van der Waals surface area contributed by atoms with Crippen LogP contribution in [0.25, 0.3) is 10.9 Å². The number of carbonyl (C=O) groups is 4. The van der Waals surface area contributed by atoms with Crippen LogP contribution in [0, 0.1) is 0 Å². The van der Waals surface area contributed by atoms with Gasteiger partial charge in [0, 0.05) is 44.8 Å². The molecular formula is C23H27NO10. The Kier molecular flexibility index (Phi) is 7.90. The van der Waals surface area contributed by atoms with Gasteiger partial charge in [-0.25, -0.2) is 0 Å². The van der Waals surface area contributed by atoms with Crippen LogP contribution < -0.4 is 0 Å². The molecule has 11 heteroatoms. The summed E-state index contributed by atoms with van der Waals surface area (Å²) in [7, 11) is 0. The van der Waals surface area contributed by atoms with Crippen molar-refractivity contribution < 1.29 is 48.0 Å². The molecule has 0 radical (unpaired) electrons. The second-order valence-electron chi connectivity index (χ2n) is 7.83. The van der Waals surface area contributed by atoms with Crippen LogP contribution in [0.1, 0.15) is 39.5 Å². The second-order valence-corrected chi connectivity index (χ2v) is 7.83. The molecule has 2 aromatic rings. The van der Waals surface area contributed by atoms with E-state index in [-0.39, 0.29) is 13.2 Å². The number of para-hydroxylation sites is 1. The van der Waals surface area contributed by atoms with Crippen LogP contribution >= 0.6 is 0 Å². The first-order valence-electron chi connectivity index (χ1n) is 10.6. The molecule has 0 bridgehead atoms. The van der Waals surface area contributed by atoms with Gasteiger partial charge in [0.05, 0.1) is 12.1 Å². The van der Waals surface area contributed by atoms with Crippen LogP contribution in [0.5, 0.6) is 0 Å². The monoisotopic (exact) mass is 477 g/mol. The number of fused-ring (bicyclic) bond motifs is 1. The summed E-state index contributed by atoms with van der Waals surface area (Å²) in [5, 5.41) is 10.6. The fourth-order valence-electron chi connectivity index (χ4n) is 4.04. The first-order valence-corrected chi connectivity index (χ1v) is 10.6. The molecule has 11 nitrogen and oxygen atoms in total. The van der Waals surface area contributed by atoms with Crippen molar-refractivity contribution in [2.75, 3.05) is 6.61 Å². The van der Waals surface area contributed by atoms with E-state index < -0.39 is 54.5 Å². The molecule has 0 amide bonds. The van der Waals surface area contributed by atoms with Gasteiger partial charge in [-0.05, 0) is 6.07 Å². The highest BCUT2D eigenvalue weighted by molar-refractivity contribution is 5.84. The smallest absolute Gasteiger partial charge is 0.303 e.